The third-order valence-corrected chi connectivity index (χ3v) is 9.81. The highest BCUT2D eigenvalue weighted by molar-refractivity contribution is 6.30. The summed E-state index contributed by atoms with van der Waals surface area (Å²) < 4.78 is 6.91. The van der Waals surface area contributed by atoms with E-state index in [9.17, 15) is 0 Å². The molecular formula is C46H28O. The highest BCUT2D eigenvalue weighted by Crippen LogP contribution is 2.49. The van der Waals surface area contributed by atoms with Crippen LogP contribution in [0.4, 0.5) is 0 Å². The van der Waals surface area contributed by atoms with Crippen LogP contribution in [0.1, 0.15) is 0 Å². The molecule has 0 spiro atoms. The van der Waals surface area contributed by atoms with E-state index in [4.69, 9.17) is 4.42 Å². The Morgan fingerprint density at radius 2 is 0.830 bits per heavy atom. The summed E-state index contributed by atoms with van der Waals surface area (Å²) in [5.41, 5.74) is 9.24. The molecule has 9 aromatic carbocycles. The van der Waals surface area contributed by atoms with Crippen LogP contribution < -0.4 is 0 Å². The van der Waals surface area contributed by atoms with Crippen molar-refractivity contribution in [1.82, 2.24) is 0 Å². The van der Waals surface area contributed by atoms with Gasteiger partial charge < -0.3 is 4.42 Å². The van der Waals surface area contributed by atoms with E-state index in [1.165, 1.54) is 71.1 Å². The van der Waals surface area contributed by atoms with Crippen LogP contribution in [0, 0.1) is 0 Å². The van der Waals surface area contributed by atoms with Crippen LogP contribution >= 0.6 is 0 Å². The Morgan fingerprint density at radius 3 is 1.53 bits per heavy atom. The van der Waals surface area contributed by atoms with E-state index in [0.717, 1.165) is 27.3 Å². The van der Waals surface area contributed by atoms with Crippen LogP contribution in [-0.2, 0) is 0 Å². The molecule has 1 heterocycles. The fourth-order valence-electron chi connectivity index (χ4n) is 7.75. The van der Waals surface area contributed by atoms with Crippen LogP contribution in [0.3, 0.4) is 0 Å². The molecule has 0 saturated heterocycles. The first-order valence-corrected chi connectivity index (χ1v) is 16.2. The summed E-state index contributed by atoms with van der Waals surface area (Å²) in [5, 5.41) is 11.9. The van der Waals surface area contributed by atoms with Gasteiger partial charge in [0.2, 0.25) is 0 Å². The van der Waals surface area contributed by atoms with Gasteiger partial charge in [0.25, 0.3) is 0 Å². The van der Waals surface area contributed by atoms with Gasteiger partial charge in [-0.25, -0.2) is 0 Å². The van der Waals surface area contributed by atoms with Crippen molar-refractivity contribution in [3.63, 3.8) is 0 Å². The fraction of sp³-hybridized carbons (Fsp3) is 0. The zero-order chi connectivity index (χ0) is 30.9. The van der Waals surface area contributed by atoms with Gasteiger partial charge in [-0.3, -0.25) is 0 Å². The second-order valence-electron chi connectivity index (χ2n) is 12.4. The van der Waals surface area contributed by atoms with Crippen LogP contribution in [0.15, 0.2) is 174 Å². The van der Waals surface area contributed by atoms with E-state index in [1.54, 1.807) is 0 Å². The maximum Gasteiger partial charge on any atom is 0.143 e. The number of fused-ring (bicyclic) bond motifs is 9. The average Bonchev–Trinajstić information content (AvgIpc) is 3.55. The average molecular weight is 597 g/mol. The zero-order valence-electron chi connectivity index (χ0n) is 25.6. The van der Waals surface area contributed by atoms with Gasteiger partial charge in [-0.2, -0.15) is 0 Å². The molecule has 0 amide bonds. The van der Waals surface area contributed by atoms with Crippen molar-refractivity contribution < 1.29 is 4.42 Å². The largest absolute Gasteiger partial charge is 0.455 e. The van der Waals surface area contributed by atoms with Crippen LogP contribution in [0.25, 0.3) is 98.4 Å². The molecule has 10 aromatic rings. The SMILES string of the molecule is c1ccc(-c2cccc(-c3c4ccccc4c(-c4cc5ccccc5c5oc6c7ccccc7ccc6c45)c4ccccc34)c2)cc1. The quantitative estimate of drug-likeness (QED) is 0.185. The molecule has 0 unspecified atom stereocenters. The summed E-state index contributed by atoms with van der Waals surface area (Å²) >= 11 is 0. The molecule has 0 bridgehead atoms. The van der Waals surface area contributed by atoms with E-state index >= 15 is 0 Å². The predicted octanol–water partition coefficient (Wildman–Crippen LogP) is 13.2. The third-order valence-electron chi connectivity index (χ3n) is 9.81. The molecule has 218 valence electrons. The number of rotatable bonds is 3. The Labute approximate surface area is 271 Å². The molecule has 1 aromatic heterocycles. The van der Waals surface area contributed by atoms with Gasteiger partial charge in [0, 0.05) is 21.5 Å². The first kappa shape index (κ1) is 26.1. The second kappa shape index (κ2) is 10.2. The third kappa shape index (κ3) is 3.90. The molecule has 1 heteroatoms. The number of benzene rings is 9. The van der Waals surface area contributed by atoms with Crippen LogP contribution in [0.5, 0.6) is 0 Å². The Hall–Kier alpha value is -6.18. The first-order chi connectivity index (χ1) is 23.3. The fourth-order valence-corrected chi connectivity index (χ4v) is 7.75. The van der Waals surface area contributed by atoms with E-state index in [-0.39, 0.29) is 0 Å². The minimum Gasteiger partial charge on any atom is -0.455 e. The van der Waals surface area contributed by atoms with Crippen molar-refractivity contribution >= 4 is 65.0 Å². The van der Waals surface area contributed by atoms with Gasteiger partial charge in [-0.05, 0) is 83.9 Å². The van der Waals surface area contributed by atoms with Crippen LogP contribution in [0.2, 0.25) is 0 Å². The molecule has 0 N–H and O–H groups in total. The van der Waals surface area contributed by atoms with Crippen molar-refractivity contribution in [1.29, 1.82) is 0 Å². The van der Waals surface area contributed by atoms with Crippen molar-refractivity contribution in [2.75, 3.05) is 0 Å². The smallest absolute Gasteiger partial charge is 0.143 e. The first-order valence-electron chi connectivity index (χ1n) is 16.2. The minimum absolute atomic E-state index is 0.942. The summed E-state index contributed by atoms with van der Waals surface area (Å²) in [6, 6.07) is 61.5. The van der Waals surface area contributed by atoms with Crippen molar-refractivity contribution in [2.24, 2.45) is 0 Å². The predicted molar refractivity (Wildman–Crippen MR) is 200 cm³/mol. The Bertz CT molecular complexity index is 2780. The second-order valence-corrected chi connectivity index (χ2v) is 12.4. The molecule has 0 aliphatic heterocycles. The number of furan rings is 1. The molecular weight excluding hydrogens is 569 g/mol. The van der Waals surface area contributed by atoms with E-state index in [1.807, 2.05) is 0 Å². The number of hydrogen-bond donors (Lipinski definition) is 0. The van der Waals surface area contributed by atoms with Gasteiger partial charge in [-0.1, -0.05) is 152 Å². The van der Waals surface area contributed by atoms with Gasteiger partial charge in [0.1, 0.15) is 11.2 Å². The standard InChI is InChI=1S/C46H28O/c1-2-13-29(14-3-1)31-17-12-18-33(27-31)42-36-21-8-10-23-38(36)43(39-24-11-9-22-37(39)42)41-28-32-16-5-7-20-35(32)46-44(41)40-26-25-30-15-4-6-19-34(30)45(40)47-46/h1-28H. The van der Waals surface area contributed by atoms with Gasteiger partial charge >= 0.3 is 0 Å². The highest BCUT2D eigenvalue weighted by atomic mass is 16.3. The van der Waals surface area contributed by atoms with E-state index in [0.29, 0.717) is 0 Å². The van der Waals surface area contributed by atoms with Crippen molar-refractivity contribution in [3.8, 4) is 33.4 Å². The molecule has 0 radical (unpaired) electrons. The van der Waals surface area contributed by atoms with Crippen molar-refractivity contribution in [2.45, 2.75) is 0 Å². The lowest BCUT2D eigenvalue weighted by Crippen LogP contribution is -1.92. The van der Waals surface area contributed by atoms with Crippen molar-refractivity contribution in [3.05, 3.63) is 170 Å². The number of hydrogen-bond acceptors (Lipinski definition) is 1. The Kier molecular flexibility index (Phi) is 5.64. The lowest BCUT2D eigenvalue weighted by Gasteiger charge is -2.19. The summed E-state index contributed by atoms with van der Waals surface area (Å²) in [6.07, 6.45) is 0. The maximum atomic E-state index is 6.91. The summed E-state index contributed by atoms with van der Waals surface area (Å²) in [6.45, 7) is 0. The topological polar surface area (TPSA) is 13.1 Å². The Morgan fingerprint density at radius 1 is 0.298 bits per heavy atom. The summed E-state index contributed by atoms with van der Waals surface area (Å²) in [4.78, 5) is 0. The lowest BCUT2D eigenvalue weighted by molar-refractivity contribution is 0.676. The molecule has 47 heavy (non-hydrogen) atoms. The minimum atomic E-state index is 0.942. The zero-order valence-corrected chi connectivity index (χ0v) is 25.6. The highest BCUT2D eigenvalue weighted by Gasteiger charge is 2.22. The maximum absolute atomic E-state index is 6.91. The Balaban J connectivity index is 1.36. The summed E-state index contributed by atoms with van der Waals surface area (Å²) in [7, 11) is 0. The molecule has 0 saturated carbocycles. The molecule has 0 atom stereocenters. The van der Waals surface area contributed by atoms with Gasteiger partial charge in [-0.15, -0.1) is 0 Å². The van der Waals surface area contributed by atoms with E-state index < -0.39 is 0 Å². The molecule has 0 fully saturated rings. The lowest BCUT2D eigenvalue weighted by atomic mass is 9.84. The van der Waals surface area contributed by atoms with Crippen LogP contribution in [-0.4, -0.2) is 0 Å². The molecule has 0 aliphatic rings. The normalized spacial score (nSPS) is 11.8. The molecule has 10 rings (SSSR count). The van der Waals surface area contributed by atoms with Gasteiger partial charge in [0.15, 0.2) is 0 Å². The molecule has 0 aliphatic carbocycles. The van der Waals surface area contributed by atoms with Gasteiger partial charge in [0.05, 0.1) is 0 Å². The molecule has 1 nitrogen and oxygen atoms in total. The summed E-state index contributed by atoms with van der Waals surface area (Å²) in [5.74, 6) is 0. The monoisotopic (exact) mass is 596 g/mol. The van der Waals surface area contributed by atoms with E-state index in [2.05, 4.69) is 170 Å².